The number of rotatable bonds is 5. The molecule has 2 aliphatic heterocycles. The second-order valence-corrected chi connectivity index (χ2v) is 6.65. The van der Waals surface area contributed by atoms with E-state index in [1.165, 1.54) is 37.1 Å². The van der Waals surface area contributed by atoms with Crippen LogP contribution in [0.2, 0.25) is 0 Å². The summed E-state index contributed by atoms with van der Waals surface area (Å²) in [7, 11) is 0. The van der Waals surface area contributed by atoms with E-state index in [4.69, 9.17) is 4.74 Å². The fourth-order valence-corrected chi connectivity index (χ4v) is 3.40. The highest BCUT2D eigenvalue weighted by atomic mass is 16.5. The molecule has 1 fully saturated rings. The van der Waals surface area contributed by atoms with Gasteiger partial charge in [-0.15, -0.1) is 0 Å². The van der Waals surface area contributed by atoms with Crippen LogP contribution in [0.3, 0.4) is 0 Å². The molecule has 3 heteroatoms. The molecule has 1 N–H and O–H groups in total. The molecule has 1 saturated heterocycles. The summed E-state index contributed by atoms with van der Waals surface area (Å²) < 4.78 is 5.63. The molecule has 0 bridgehead atoms. The maximum absolute atomic E-state index is 5.63. The smallest absolute Gasteiger partial charge is 0.110 e. The molecule has 2 heterocycles. The normalized spacial score (nSPS) is 23.4. The van der Waals surface area contributed by atoms with Crippen LogP contribution in [0.1, 0.15) is 36.8 Å². The molecule has 120 valence electrons. The Balaban J connectivity index is 1.38. The third kappa shape index (κ3) is 4.59. The average Bonchev–Trinajstić information content (AvgIpc) is 2.55. The summed E-state index contributed by atoms with van der Waals surface area (Å²) in [5.41, 5.74) is 2.80. The van der Waals surface area contributed by atoms with Gasteiger partial charge in [0.15, 0.2) is 0 Å². The van der Waals surface area contributed by atoms with Gasteiger partial charge in [-0.1, -0.05) is 29.8 Å². The minimum Gasteiger partial charge on any atom is -0.497 e. The monoisotopic (exact) mass is 300 g/mol. The number of ether oxygens (including phenoxy) is 1. The van der Waals surface area contributed by atoms with Gasteiger partial charge in [0.05, 0.1) is 6.26 Å². The van der Waals surface area contributed by atoms with Crippen LogP contribution in [0.4, 0.5) is 0 Å². The van der Waals surface area contributed by atoms with Gasteiger partial charge in [0.2, 0.25) is 0 Å². The Morgan fingerprint density at radius 3 is 2.82 bits per heavy atom. The van der Waals surface area contributed by atoms with E-state index in [-0.39, 0.29) is 0 Å². The molecule has 2 aliphatic rings. The molecule has 1 aromatic carbocycles. The Bertz CT molecular complexity index is 492. The zero-order valence-corrected chi connectivity index (χ0v) is 13.6. The molecular weight excluding hydrogens is 272 g/mol. The van der Waals surface area contributed by atoms with Crippen molar-refractivity contribution in [2.75, 3.05) is 19.6 Å². The standard InChI is InChI=1S/C19H28N2O/c1-16-5-4-6-17(13-16)15-21-10-8-18(9-11-21)20-14-19-7-2-3-12-22-19/h3-6,12-13,18-20H,2,7-11,14-15H2,1H3/t19-/m1/s1. The van der Waals surface area contributed by atoms with Crippen molar-refractivity contribution >= 4 is 0 Å². The highest BCUT2D eigenvalue weighted by Crippen LogP contribution is 2.16. The van der Waals surface area contributed by atoms with Gasteiger partial charge in [0.1, 0.15) is 6.10 Å². The zero-order chi connectivity index (χ0) is 15.2. The SMILES string of the molecule is Cc1cccc(CN2CCC(NC[C@H]3CCC=CO3)CC2)c1. The summed E-state index contributed by atoms with van der Waals surface area (Å²) in [4.78, 5) is 2.58. The summed E-state index contributed by atoms with van der Waals surface area (Å²) in [6, 6.07) is 9.53. The van der Waals surface area contributed by atoms with Gasteiger partial charge in [0, 0.05) is 19.1 Å². The van der Waals surface area contributed by atoms with Gasteiger partial charge in [0.25, 0.3) is 0 Å². The molecule has 0 unspecified atom stereocenters. The van der Waals surface area contributed by atoms with Crippen molar-refractivity contribution in [2.24, 2.45) is 0 Å². The van der Waals surface area contributed by atoms with Gasteiger partial charge in [-0.25, -0.2) is 0 Å². The third-order valence-corrected chi connectivity index (χ3v) is 4.73. The summed E-state index contributed by atoms with van der Waals surface area (Å²) >= 11 is 0. The van der Waals surface area contributed by atoms with E-state index in [1.807, 2.05) is 6.26 Å². The molecule has 3 nitrogen and oxygen atoms in total. The molecule has 3 rings (SSSR count). The summed E-state index contributed by atoms with van der Waals surface area (Å²) in [5, 5.41) is 3.70. The maximum atomic E-state index is 5.63. The molecule has 0 radical (unpaired) electrons. The summed E-state index contributed by atoms with van der Waals surface area (Å²) in [5.74, 6) is 0. The van der Waals surface area contributed by atoms with E-state index in [0.717, 1.165) is 25.9 Å². The fraction of sp³-hybridized carbons (Fsp3) is 0.579. The lowest BCUT2D eigenvalue weighted by Crippen LogP contribution is -2.44. The number of likely N-dealkylation sites (tertiary alicyclic amines) is 1. The summed E-state index contributed by atoms with van der Waals surface area (Å²) in [6.45, 7) is 6.63. The first-order chi connectivity index (χ1) is 10.8. The Morgan fingerprint density at radius 2 is 2.09 bits per heavy atom. The first-order valence-electron chi connectivity index (χ1n) is 8.61. The number of benzene rings is 1. The Hall–Kier alpha value is -1.32. The number of aryl methyl sites for hydroxylation is 1. The van der Waals surface area contributed by atoms with Gasteiger partial charge in [-0.2, -0.15) is 0 Å². The second-order valence-electron chi connectivity index (χ2n) is 6.65. The number of nitrogens with one attached hydrogen (secondary N) is 1. The lowest BCUT2D eigenvalue weighted by atomic mass is 10.0. The van der Waals surface area contributed by atoms with E-state index in [1.54, 1.807) is 0 Å². The van der Waals surface area contributed by atoms with E-state index < -0.39 is 0 Å². The van der Waals surface area contributed by atoms with Gasteiger partial charge in [-0.3, -0.25) is 4.90 Å². The van der Waals surface area contributed by atoms with Crippen LogP contribution in [0, 0.1) is 6.92 Å². The first kappa shape index (κ1) is 15.6. The summed E-state index contributed by atoms with van der Waals surface area (Å²) in [6.07, 6.45) is 9.13. The van der Waals surface area contributed by atoms with Crippen LogP contribution >= 0.6 is 0 Å². The lowest BCUT2D eigenvalue weighted by molar-refractivity contribution is 0.111. The molecular formula is C19H28N2O. The van der Waals surface area contributed by atoms with Crippen molar-refractivity contribution in [2.45, 2.75) is 51.3 Å². The van der Waals surface area contributed by atoms with Crippen molar-refractivity contribution in [1.29, 1.82) is 0 Å². The highest BCUT2D eigenvalue weighted by molar-refractivity contribution is 5.22. The molecule has 22 heavy (non-hydrogen) atoms. The van der Waals surface area contributed by atoms with E-state index in [0.29, 0.717) is 12.1 Å². The van der Waals surface area contributed by atoms with Crippen molar-refractivity contribution in [3.8, 4) is 0 Å². The first-order valence-corrected chi connectivity index (χ1v) is 8.61. The topological polar surface area (TPSA) is 24.5 Å². The molecule has 0 saturated carbocycles. The van der Waals surface area contributed by atoms with Crippen LogP contribution in [0.5, 0.6) is 0 Å². The second kappa shape index (κ2) is 7.80. The zero-order valence-electron chi connectivity index (χ0n) is 13.6. The Labute approximate surface area is 134 Å². The van der Waals surface area contributed by atoms with Crippen LogP contribution in [-0.4, -0.2) is 36.7 Å². The molecule has 0 aliphatic carbocycles. The number of allylic oxidation sites excluding steroid dienone is 1. The maximum Gasteiger partial charge on any atom is 0.110 e. The van der Waals surface area contributed by atoms with Crippen LogP contribution in [0.25, 0.3) is 0 Å². The predicted molar refractivity (Wildman–Crippen MR) is 90.7 cm³/mol. The van der Waals surface area contributed by atoms with E-state index >= 15 is 0 Å². The van der Waals surface area contributed by atoms with E-state index in [2.05, 4.69) is 47.5 Å². The van der Waals surface area contributed by atoms with E-state index in [9.17, 15) is 0 Å². The molecule has 1 aromatic rings. The largest absolute Gasteiger partial charge is 0.497 e. The van der Waals surface area contributed by atoms with Crippen LogP contribution in [0.15, 0.2) is 36.6 Å². The van der Waals surface area contributed by atoms with Gasteiger partial charge >= 0.3 is 0 Å². The number of hydrogen-bond acceptors (Lipinski definition) is 3. The van der Waals surface area contributed by atoms with Gasteiger partial charge in [-0.05, 0) is 57.3 Å². The highest BCUT2D eigenvalue weighted by Gasteiger charge is 2.20. The third-order valence-electron chi connectivity index (χ3n) is 4.73. The average molecular weight is 300 g/mol. The van der Waals surface area contributed by atoms with Crippen molar-refractivity contribution < 1.29 is 4.74 Å². The van der Waals surface area contributed by atoms with Crippen molar-refractivity contribution in [1.82, 2.24) is 10.2 Å². The minimum absolute atomic E-state index is 0.371. The minimum atomic E-state index is 0.371. The van der Waals surface area contributed by atoms with Crippen molar-refractivity contribution in [3.05, 3.63) is 47.7 Å². The molecule has 0 aromatic heterocycles. The quantitative estimate of drug-likeness (QED) is 0.903. The fourth-order valence-electron chi connectivity index (χ4n) is 3.40. The number of hydrogen-bond donors (Lipinski definition) is 1. The number of nitrogens with zero attached hydrogens (tertiary/aromatic N) is 1. The van der Waals surface area contributed by atoms with Crippen LogP contribution in [-0.2, 0) is 11.3 Å². The predicted octanol–water partition coefficient (Wildman–Crippen LogP) is 3.24. The Kier molecular flexibility index (Phi) is 5.52. The molecule has 0 spiro atoms. The molecule has 0 amide bonds. The van der Waals surface area contributed by atoms with Crippen molar-refractivity contribution in [3.63, 3.8) is 0 Å². The van der Waals surface area contributed by atoms with Gasteiger partial charge < -0.3 is 10.1 Å². The van der Waals surface area contributed by atoms with Crippen LogP contribution < -0.4 is 5.32 Å². The molecule has 1 atom stereocenters. The lowest BCUT2D eigenvalue weighted by Gasteiger charge is -2.33. The number of piperidine rings is 1. The Morgan fingerprint density at radius 1 is 1.23 bits per heavy atom.